The Morgan fingerprint density at radius 3 is 2.77 bits per heavy atom. The molecule has 0 aliphatic heterocycles. The first-order valence-corrected chi connectivity index (χ1v) is 10.4. The number of amides is 1. The van der Waals surface area contributed by atoms with Gasteiger partial charge in [0.1, 0.15) is 10.6 Å². The van der Waals surface area contributed by atoms with Gasteiger partial charge in [0.15, 0.2) is 5.16 Å². The van der Waals surface area contributed by atoms with Gasteiger partial charge in [-0.1, -0.05) is 55.9 Å². The van der Waals surface area contributed by atoms with E-state index in [-0.39, 0.29) is 11.7 Å². The molecule has 0 aliphatic carbocycles. The van der Waals surface area contributed by atoms with Crippen molar-refractivity contribution >= 4 is 45.0 Å². The zero-order chi connectivity index (χ0) is 18.5. The number of nitrogens with one attached hydrogen (secondary N) is 1. The van der Waals surface area contributed by atoms with E-state index in [1.807, 2.05) is 30.3 Å². The highest BCUT2D eigenvalue weighted by Gasteiger charge is 2.14. The Hall–Kier alpha value is -2.12. The quantitative estimate of drug-likeness (QED) is 0.476. The zero-order valence-electron chi connectivity index (χ0n) is 14.9. The maximum Gasteiger partial charge on any atom is 0.230 e. The Morgan fingerprint density at radius 2 is 2.04 bits per heavy atom. The average molecular weight is 387 g/mol. The largest absolute Gasteiger partial charge is 0.383 e. The molecule has 1 amide bonds. The van der Waals surface area contributed by atoms with Gasteiger partial charge < -0.3 is 11.1 Å². The Bertz CT molecular complexity index is 893. The van der Waals surface area contributed by atoms with Crippen molar-refractivity contribution in [2.45, 2.75) is 32.0 Å². The number of hydrogen-bond acceptors (Lipinski definition) is 6. The van der Waals surface area contributed by atoms with E-state index in [0.717, 1.165) is 22.2 Å². The van der Waals surface area contributed by atoms with Crippen LogP contribution in [0.1, 0.15) is 25.0 Å². The van der Waals surface area contributed by atoms with Crippen LogP contribution in [0, 0.1) is 5.92 Å². The van der Waals surface area contributed by atoms with Crippen molar-refractivity contribution in [3.05, 3.63) is 46.8 Å². The summed E-state index contributed by atoms with van der Waals surface area (Å²) >= 11 is 2.89. The molecule has 0 spiro atoms. The number of rotatable bonds is 7. The van der Waals surface area contributed by atoms with Crippen LogP contribution in [0.3, 0.4) is 0 Å². The molecule has 7 heteroatoms. The van der Waals surface area contributed by atoms with Crippen LogP contribution in [-0.4, -0.2) is 21.6 Å². The Morgan fingerprint density at radius 1 is 1.27 bits per heavy atom. The highest BCUT2D eigenvalue weighted by Crippen LogP contribution is 2.31. The molecule has 0 saturated carbocycles. The Balaban J connectivity index is 1.61. The van der Waals surface area contributed by atoms with E-state index in [9.17, 15) is 4.79 Å². The molecular formula is C19H22N4OS2. The number of carbonyl (C=O) groups is 1. The van der Waals surface area contributed by atoms with E-state index in [2.05, 4.69) is 34.5 Å². The summed E-state index contributed by atoms with van der Waals surface area (Å²) in [5.74, 6) is 1.27. The summed E-state index contributed by atoms with van der Waals surface area (Å²) in [6.07, 6.45) is 0.960. The fourth-order valence-electron chi connectivity index (χ4n) is 2.64. The number of aromatic nitrogens is 2. The third-order valence-electron chi connectivity index (χ3n) is 3.81. The predicted octanol–water partition coefficient (Wildman–Crippen LogP) is 3.88. The monoisotopic (exact) mass is 386 g/mol. The van der Waals surface area contributed by atoms with Crippen molar-refractivity contribution in [3.8, 4) is 0 Å². The lowest BCUT2D eigenvalue weighted by atomic mass is 10.0. The molecule has 0 aliphatic rings. The number of nitrogen functional groups attached to an aromatic ring is 1. The minimum atomic E-state index is -0.0483. The summed E-state index contributed by atoms with van der Waals surface area (Å²) in [6, 6.07) is 9.83. The van der Waals surface area contributed by atoms with Crippen LogP contribution in [0.5, 0.6) is 0 Å². The lowest BCUT2D eigenvalue weighted by Crippen LogP contribution is -2.24. The first-order valence-electron chi connectivity index (χ1n) is 8.50. The van der Waals surface area contributed by atoms with Gasteiger partial charge in [-0.3, -0.25) is 4.79 Å². The number of thiophene rings is 1. The van der Waals surface area contributed by atoms with E-state index in [1.165, 1.54) is 17.3 Å². The van der Waals surface area contributed by atoms with Gasteiger partial charge in [0.2, 0.25) is 5.91 Å². The third kappa shape index (κ3) is 4.74. The molecule has 2 heterocycles. The van der Waals surface area contributed by atoms with Crippen LogP contribution in [0.15, 0.2) is 40.9 Å². The van der Waals surface area contributed by atoms with Gasteiger partial charge in [0.05, 0.1) is 11.1 Å². The number of carbonyl (C=O) groups excluding carboxylic acids is 1. The van der Waals surface area contributed by atoms with Gasteiger partial charge in [-0.2, -0.15) is 0 Å². The van der Waals surface area contributed by atoms with Crippen LogP contribution in [0.2, 0.25) is 0 Å². The molecule has 26 heavy (non-hydrogen) atoms. The third-order valence-corrected chi connectivity index (χ3v) is 5.58. The number of anilines is 1. The Labute approximate surface area is 161 Å². The second-order valence-electron chi connectivity index (χ2n) is 6.48. The van der Waals surface area contributed by atoms with E-state index in [1.54, 1.807) is 11.3 Å². The number of fused-ring (bicyclic) bond motifs is 1. The molecule has 0 saturated heterocycles. The summed E-state index contributed by atoms with van der Waals surface area (Å²) < 4.78 is 0. The number of nitrogens with zero attached hydrogens (tertiary/aromatic N) is 2. The lowest BCUT2D eigenvalue weighted by molar-refractivity contribution is -0.118. The molecule has 0 atom stereocenters. The van der Waals surface area contributed by atoms with Crippen LogP contribution in [0.4, 0.5) is 5.82 Å². The molecular weight excluding hydrogens is 364 g/mol. The molecule has 2 aromatic heterocycles. The van der Waals surface area contributed by atoms with Crippen molar-refractivity contribution in [3.63, 3.8) is 0 Å². The first kappa shape index (κ1) is 18.7. The van der Waals surface area contributed by atoms with Gasteiger partial charge in [-0.05, 0) is 28.8 Å². The second-order valence-corrected chi connectivity index (χ2v) is 8.28. The molecule has 0 bridgehead atoms. The fourth-order valence-corrected chi connectivity index (χ4v) is 4.34. The van der Waals surface area contributed by atoms with E-state index < -0.39 is 0 Å². The molecule has 0 fully saturated rings. The molecule has 136 valence electrons. The molecule has 3 rings (SSSR count). The zero-order valence-corrected chi connectivity index (χ0v) is 16.5. The van der Waals surface area contributed by atoms with Crippen molar-refractivity contribution in [2.24, 2.45) is 5.92 Å². The van der Waals surface area contributed by atoms with Gasteiger partial charge in [-0.15, -0.1) is 11.3 Å². The maximum absolute atomic E-state index is 12.0. The smallest absolute Gasteiger partial charge is 0.230 e. The Kier molecular flexibility index (Phi) is 6.11. The number of benzene rings is 1. The SMILES string of the molecule is CC(C)Cc1csc2nc(SCC(=O)NCc3ccccc3)nc(N)c12. The van der Waals surface area contributed by atoms with Crippen LogP contribution < -0.4 is 11.1 Å². The number of nitrogens with two attached hydrogens (primary N) is 1. The van der Waals surface area contributed by atoms with Gasteiger partial charge in [0.25, 0.3) is 0 Å². The van der Waals surface area contributed by atoms with Crippen molar-refractivity contribution in [2.75, 3.05) is 11.5 Å². The van der Waals surface area contributed by atoms with Gasteiger partial charge in [0, 0.05) is 6.54 Å². The highest BCUT2D eigenvalue weighted by atomic mass is 32.2. The predicted molar refractivity (Wildman–Crippen MR) is 109 cm³/mol. The van der Waals surface area contributed by atoms with Gasteiger partial charge >= 0.3 is 0 Å². The number of thioether (sulfide) groups is 1. The van der Waals surface area contributed by atoms with Crippen molar-refractivity contribution in [1.29, 1.82) is 0 Å². The standard InChI is InChI=1S/C19H22N4OS2/c1-12(2)8-14-10-25-18-16(14)17(20)22-19(23-18)26-11-15(24)21-9-13-6-4-3-5-7-13/h3-7,10,12H,8-9,11H2,1-2H3,(H,21,24)(H2,20,22,23). The molecule has 1 aromatic carbocycles. The van der Waals surface area contributed by atoms with E-state index >= 15 is 0 Å². The summed E-state index contributed by atoms with van der Waals surface area (Å²) in [5, 5.41) is 6.51. The van der Waals surface area contributed by atoms with Gasteiger partial charge in [-0.25, -0.2) is 9.97 Å². The first-order chi connectivity index (χ1) is 12.5. The van der Waals surface area contributed by atoms with Crippen LogP contribution >= 0.6 is 23.1 Å². The highest BCUT2D eigenvalue weighted by molar-refractivity contribution is 7.99. The minimum Gasteiger partial charge on any atom is -0.383 e. The second kappa shape index (κ2) is 8.51. The summed E-state index contributed by atoms with van der Waals surface area (Å²) in [4.78, 5) is 21.9. The van der Waals surface area contributed by atoms with Crippen LogP contribution in [0.25, 0.3) is 10.2 Å². The fraction of sp³-hybridized carbons (Fsp3) is 0.316. The number of hydrogen-bond donors (Lipinski definition) is 2. The van der Waals surface area contributed by atoms with Crippen molar-refractivity contribution < 1.29 is 4.79 Å². The van der Waals surface area contributed by atoms with E-state index in [0.29, 0.717) is 23.4 Å². The topological polar surface area (TPSA) is 80.9 Å². The molecule has 3 aromatic rings. The molecule has 3 N–H and O–H groups in total. The summed E-state index contributed by atoms with van der Waals surface area (Å²) in [7, 11) is 0. The maximum atomic E-state index is 12.0. The normalized spacial score (nSPS) is 11.2. The lowest BCUT2D eigenvalue weighted by Gasteiger charge is -2.07. The van der Waals surface area contributed by atoms with Crippen molar-refractivity contribution in [1.82, 2.24) is 15.3 Å². The molecule has 0 radical (unpaired) electrons. The average Bonchev–Trinajstić information content (AvgIpc) is 3.01. The summed E-state index contributed by atoms with van der Waals surface area (Å²) in [6.45, 7) is 4.88. The van der Waals surface area contributed by atoms with Crippen LogP contribution in [-0.2, 0) is 17.8 Å². The molecule has 5 nitrogen and oxygen atoms in total. The van der Waals surface area contributed by atoms with E-state index in [4.69, 9.17) is 5.73 Å². The minimum absolute atomic E-state index is 0.0483. The summed E-state index contributed by atoms with van der Waals surface area (Å²) in [5.41, 5.74) is 8.44. The molecule has 0 unspecified atom stereocenters.